The van der Waals surface area contributed by atoms with E-state index in [1.807, 2.05) is 6.08 Å². The summed E-state index contributed by atoms with van der Waals surface area (Å²) in [4.78, 5) is 25.2. The molecule has 5 nitrogen and oxygen atoms in total. The Morgan fingerprint density at radius 1 is 0.344 bits per heavy atom. The fraction of sp³-hybridized carbons (Fsp3) is 0.763. The molecule has 0 aliphatic carbocycles. The lowest BCUT2D eigenvalue weighted by Crippen LogP contribution is -2.29. The molecule has 0 unspecified atom stereocenters. The Morgan fingerprint density at radius 3 is 1.00 bits per heavy atom. The number of carbonyl (C=O) groups is 2. The van der Waals surface area contributed by atoms with E-state index in [4.69, 9.17) is 14.2 Å². The summed E-state index contributed by atoms with van der Waals surface area (Å²) in [5, 5.41) is 0. The summed E-state index contributed by atoms with van der Waals surface area (Å²) < 4.78 is 17.4. The molecule has 0 spiro atoms. The first kappa shape index (κ1) is 61.3. The van der Waals surface area contributed by atoms with Gasteiger partial charge in [-0.15, -0.1) is 0 Å². The summed E-state index contributed by atoms with van der Waals surface area (Å²) in [6.07, 6.45) is 70.9. The SMILES string of the molecule is CC/C=C\C/C=C\C/C=C\C/C=C\C/C=C\C/C=C\CCC(=O)OC[C@H](COC(=O)CCCCCCCCCCCCCCC)OCCCCCCCCCCCCCCCCCC. The maximum atomic E-state index is 12.6. The summed E-state index contributed by atoms with van der Waals surface area (Å²) in [6, 6.07) is 0. The number of unbranched alkanes of at least 4 members (excludes halogenated alkanes) is 27. The second-order valence-electron chi connectivity index (χ2n) is 18.1. The number of allylic oxidation sites excluding steroid dienone is 12. The number of esters is 2. The quantitative estimate of drug-likeness (QED) is 0.0346. The molecule has 0 radical (unpaired) electrons. The molecule has 0 saturated carbocycles. The zero-order valence-electron chi connectivity index (χ0n) is 42.5. The Labute approximate surface area is 397 Å². The Kier molecular flexibility index (Phi) is 52.4. The van der Waals surface area contributed by atoms with Crippen molar-refractivity contribution in [2.24, 2.45) is 0 Å². The fourth-order valence-electron chi connectivity index (χ4n) is 7.69. The van der Waals surface area contributed by atoms with Crippen molar-refractivity contribution >= 4 is 11.9 Å². The highest BCUT2D eigenvalue weighted by Gasteiger charge is 2.16. The molecule has 0 rings (SSSR count). The monoisotopic (exact) mass is 893 g/mol. The largest absolute Gasteiger partial charge is 0.463 e. The highest BCUT2D eigenvalue weighted by molar-refractivity contribution is 5.70. The third kappa shape index (κ3) is 52.0. The number of carbonyl (C=O) groups excluding carboxylic acids is 2. The Hall–Kier alpha value is -2.66. The molecule has 0 saturated heterocycles. The van der Waals surface area contributed by atoms with Gasteiger partial charge in [0.15, 0.2) is 0 Å². The van der Waals surface area contributed by atoms with Crippen LogP contribution in [-0.4, -0.2) is 37.9 Å². The van der Waals surface area contributed by atoms with Crippen molar-refractivity contribution in [1.29, 1.82) is 0 Å². The van der Waals surface area contributed by atoms with Crippen LogP contribution in [0.15, 0.2) is 72.9 Å². The summed E-state index contributed by atoms with van der Waals surface area (Å²) >= 11 is 0. The van der Waals surface area contributed by atoms with Gasteiger partial charge in [-0.2, -0.15) is 0 Å². The predicted molar refractivity (Wildman–Crippen MR) is 279 cm³/mol. The molecule has 0 aromatic rings. The standard InChI is InChI=1S/C59H104O5/c1-4-7-10-13-16-19-22-25-27-29-30-31-32-35-38-41-44-47-50-53-59(61)64-56-57(55-63-58(60)52-49-46-43-40-37-34-24-21-18-15-12-9-6-3)62-54-51-48-45-42-39-36-33-28-26-23-20-17-14-11-8-5-2/h7,10,16,19,25,27,30-31,35,38,44,47,57H,4-6,8-9,11-15,17-18,20-24,26,28-29,32-34,36-37,39-43,45-46,48-56H2,1-3H3/b10-7-,19-16-,27-25-,31-30-,38-35-,47-44-/t57-/m0/s1. The van der Waals surface area contributed by atoms with Crippen LogP contribution in [0.5, 0.6) is 0 Å². The van der Waals surface area contributed by atoms with Crippen molar-refractivity contribution in [1.82, 2.24) is 0 Å². The molecule has 0 bridgehead atoms. The molecular formula is C59H104O5. The van der Waals surface area contributed by atoms with Gasteiger partial charge in [0.25, 0.3) is 0 Å². The molecule has 0 fully saturated rings. The second kappa shape index (κ2) is 54.7. The van der Waals surface area contributed by atoms with Gasteiger partial charge in [0, 0.05) is 19.4 Å². The Morgan fingerprint density at radius 2 is 0.641 bits per heavy atom. The third-order valence-corrected chi connectivity index (χ3v) is 11.8. The van der Waals surface area contributed by atoms with E-state index in [-0.39, 0.29) is 25.2 Å². The number of ether oxygens (including phenoxy) is 3. The van der Waals surface area contributed by atoms with Gasteiger partial charge in [-0.05, 0) is 57.8 Å². The Bertz CT molecular complexity index is 1150. The summed E-state index contributed by atoms with van der Waals surface area (Å²) in [6.45, 7) is 7.56. The minimum absolute atomic E-state index is 0.119. The van der Waals surface area contributed by atoms with Gasteiger partial charge in [0.1, 0.15) is 19.3 Å². The first-order chi connectivity index (χ1) is 31.6. The van der Waals surface area contributed by atoms with E-state index in [0.717, 1.165) is 64.2 Å². The van der Waals surface area contributed by atoms with Gasteiger partial charge in [0.2, 0.25) is 0 Å². The topological polar surface area (TPSA) is 61.8 Å². The van der Waals surface area contributed by atoms with Crippen LogP contribution < -0.4 is 0 Å². The van der Waals surface area contributed by atoms with E-state index in [2.05, 4.69) is 87.6 Å². The van der Waals surface area contributed by atoms with Crippen LogP contribution in [0.4, 0.5) is 0 Å². The number of hydrogen-bond acceptors (Lipinski definition) is 5. The van der Waals surface area contributed by atoms with Crippen molar-refractivity contribution in [2.75, 3.05) is 19.8 Å². The lowest BCUT2D eigenvalue weighted by Gasteiger charge is -2.18. The van der Waals surface area contributed by atoms with Gasteiger partial charge in [-0.3, -0.25) is 9.59 Å². The van der Waals surface area contributed by atoms with Crippen molar-refractivity contribution in [2.45, 2.75) is 271 Å². The van der Waals surface area contributed by atoms with E-state index < -0.39 is 6.10 Å². The van der Waals surface area contributed by atoms with E-state index in [0.29, 0.717) is 25.9 Å². The predicted octanol–water partition coefficient (Wildman–Crippen LogP) is 18.7. The molecule has 0 N–H and O–H groups in total. The number of rotatable bonds is 50. The highest BCUT2D eigenvalue weighted by Crippen LogP contribution is 2.16. The van der Waals surface area contributed by atoms with Crippen LogP contribution in [-0.2, 0) is 23.8 Å². The lowest BCUT2D eigenvalue weighted by molar-refractivity contribution is -0.155. The van der Waals surface area contributed by atoms with Crippen LogP contribution in [0, 0.1) is 0 Å². The number of hydrogen-bond donors (Lipinski definition) is 0. The molecule has 0 aliphatic heterocycles. The molecule has 0 aromatic carbocycles. The third-order valence-electron chi connectivity index (χ3n) is 11.8. The van der Waals surface area contributed by atoms with E-state index in [1.165, 1.54) is 161 Å². The molecule has 0 amide bonds. The van der Waals surface area contributed by atoms with Gasteiger partial charge < -0.3 is 14.2 Å². The zero-order chi connectivity index (χ0) is 46.3. The van der Waals surface area contributed by atoms with Gasteiger partial charge in [0.05, 0.1) is 0 Å². The molecule has 64 heavy (non-hydrogen) atoms. The van der Waals surface area contributed by atoms with E-state index in [9.17, 15) is 9.59 Å². The average Bonchev–Trinajstić information content (AvgIpc) is 3.30. The van der Waals surface area contributed by atoms with Crippen molar-refractivity contribution in [3.05, 3.63) is 72.9 Å². The molecule has 0 heterocycles. The van der Waals surface area contributed by atoms with Crippen LogP contribution in [0.1, 0.15) is 265 Å². The van der Waals surface area contributed by atoms with Crippen LogP contribution in [0.3, 0.4) is 0 Å². The van der Waals surface area contributed by atoms with Crippen molar-refractivity contribution < 1.29 is 23.8 Å². The molecule has 5 heteroatoms. The average molecular weight is 893 g/mol. The smallest absolute Gasteiger partial charge is 0.306 e. The van der Waals surface area contributed by atoms with Crippen molar-refractivity contribution in [3.8, 4) is 0 Å². The normalized spacial score (nSPS) is 12.7. The Balaban J connectivity index is 4.35. The first-order valence-corrected chi connectivity index (χ1v) is 27.5. The molecular weight excluding hydrogens is 789 g/mol. The lowest BCUT2D eigenvalue weighted by atomic mass is 10.0. The van der Waals surface area contributed by atoms with Crippen LogP contribution >= 0.6 is 0 Å². The zero-order valence-corrected chi connectivity index (χ0v) is 42.5. The first-order valence-electron chi connectivity index (χ1n) is 27.5. The van der Waals surface area contributed by atoms with Gasteiger partial charge in [-0.25, -0.2) is 0 Å². The maximum absolute atomic E-state index is 12.6. The molecule has 1 atom stereocenters. The van der Waals surface area contributed by atoms with Gasteiger partial charge in [-0.1, -0.05) is 267 Å². The molecule has 0 aliphatic rings. The van der Waals surface area contributed by atoms with Crippen molar-refractivity contribution in [3.63, 3.8) is 0 Å². The van der Waals surface area contributed by atoms with Crippen LogP contribution in [0.2, 0.25) is 0 Å². The van der Waals surface area contributed by atoms with E-state index >= 15 is 0 Å². The second-order valence-corrected chi connectivity index (χ2v) is 18.1. The molecule has 370 valence electrons. The fourth-order valence-corrected chi connectivity index (χ4v) is 7.69. The summed E-state index contributed by atoms with van der Waals surface area (Å²) in [5.41, 5.74) is 0. The van der Waals surface area contributed by atoms with E-state index in [1.54, 1.807) is 0 Å². The summed E-state index contributed by atoms with van der Waals surface area (Å²) in [7, 11) is 0. The molecule has 0 aromatic heterocycles. The minimum atomic E-state index is -0.429. The summed E-state index contributed by atoms with van der Waals surface area (Å²) in [5.74, 6) is -0.420. The highest BCUT2D eigenvalue weighted by atomic mass is 16.6. The van der Waals surface area contributed by atoms with Gasteiger partial charge >= 0.3 is 11.9 Å². The minimum Gasteiger partial charge on any atom is -0.463 e. The maximum Gasteiger partial charge on any atom is 0.306 e. The van der Waals surface area contributed by atoms with Crippen LogP contribution in [0.25, 0.3) is 0 Å².